The number of aromatic nitrogens is 1. The molecule has 0 amide bonds. The van der Waals surface area contributed by atoms with Gasteiger partial charge in [0.2, 0.25) is 0 Å². The fraction of sp³-hybridized carbons (Fsp3) is 0.0882. The van der Waals surface area contributed by atoms with E-state index in [1.165, 1.54) is 47.2 Å². The van der Waals surface area contributed by atoms with Crippen LogP contribution in [0, 0.1) is 15.9 Å². The van der Waals surface area contributed by atoms with Crippen molar-refractivity contribution in [3.63, 3.8) is 0 Å². The Morgan fingerprint density at radius 3 is 2.55 bits per heavy atom. The molecular formula is C34H22FN3O5S. The number of nitrogens with zero attached hydrogens (tertiary/aromatic N) is 3. The number of nitro benzene ring substituents is 1. The lowest BCUT2D eigenvalue weighted by Crippen LogP contribution is -2.38. The van der Waals surface area contributed by atoms with Gasteiger partial charge in [-0.15, -0.1) is 0 Å². The number of carbonyl (C=O) groups is 1. The van der Waals surface area contributed by atoms with E-state index in [1.54, 1.807) is 47.0 Å². The summed E-state index contributed by atoms with van der Waals surface area (Å²) in [4.78, 5) is 42.4. The molecule has 2 aliphatic rings. The van der Waals surface area contributed by atoms with E-state index < -0.39 is 16.9 Å². The lowest BCUT2D eigenvalue weighted by atomic mass is 9.83. The Bertz CT molecular complexity index is 2180. The van der Waals surface area contributed by atoms with E-state index in [0.29, 0.717) is 14.9 Å². The van der Waals surface area contributed by atoms with Crippen LogP contribution in [0.15, 0.2) is 112 Å². The molecule has 0 bridgehead atoms. The predicted octanol–water partition coefficient (Wildman–Crippen LogP) is 5.59. The van der Waals surface area contributed by atoms with Crippen LogP contribution < -0.4 is 19.6 Å². The van der Waals surface area contributed by atoms with Crippen LogP contribution in [-0.2, 0) is 6.42 Å². The minimum absolute atomic E-state index is 0.0606. The van der Waals surface area contributed by atoms with E-state index >= 15 is 0 Å². The Kier molecular flexibility index (Phi) is 6.83. The molecule has 0 radical (unpaired) electrons. The monoisotopic (exact) mass is 603 g/mol. The molecule has 10 heteroatoms. The second-order valence-electron chi connectivity index (χ2n) is 10.4. The summed E-state index contributed by atoms with van der Waals surface area (Å²) in [7, 11) is 0. The number of thiazole rings is 1. The van der Waals surface area contributed by atoms with Crippen LogP contribution >= 0.6 is 11.3 Å². The van der Waals surface area contributed by atoms with Gasteiger partial charge in [0.25, 0.3) is 11.2 Å². The van der Waals surface area contributed by atoms with Crippen molar-refractivity contribution in [2.75, 3.05) is 0 Å². The standard InChI is InChI=1S/C34H22FN3O5S/c35-24-13-10-22(11-14-24)31-28-17-12-21-4-1-2-7-27(21)30(28)36-34-37(31)32(39)29(44-34)18-20-8-15-26(16-9-20)43-33(40)23-5-3-6-25(19-23)38(41)42/h1-11,13-16,18-19,31H,12,17H2/b29-18+/t31-/m0/s1. The largest absolute Gasteiger partial charge is 0.423 e. The van der Waals surface area contributed by atoms with Crippen LogP contribution in [0.3, 0.4) is 0 Å². The average molecular weight is 604 g/mol. The van der Waals surface area contributed by atoms with Crippen LogP contribution in [0.5, 0.6) is 5.75 Å². The predicted molar refractivity (Wildman–Crippen MR) is 164 cm³/mol. The molecule has 44 heavy (non-hydrogen) atoms. The molecule has 7 rings (SSSR count). The highest BCUT2D eigenvalue weighted by molar-refractivity contribution is 7.07. The van der Waals surface area contributed by atoms with E-state index in [9.17, 15) is 24.1 Å². The van der Waals surface area contributed by atoms with Crippen LogP contribution in [0.25, 0.3) is 11.8 Å². The van der Waals surface area contributed by atoms with Gasteiger partial charge in [-0.2, -0.15) is 0 Å². The number of halogens is 1. The number of rotatable bonds is 5. The Balaban J connectivity index is 1.25. The first-order valence-corrected chi connectivity index (χ1v) is 14.6. The highest BCUT2D eigenvalue weighted by atomic mass is 32.1. The first kappa shape index (κ1) is 27.4. The number of hydrogen-bond donors (Lipinski definition) is 0. The quantitative estimate of drug-likeness (QED) is 0.113. The van der Waals surface area contributed by atoms with Gasteiger partial charge in [-0.1, -0.05) is 65.9 Å². The Hall–Kier alpha value is -5.48. The van der Waals surface area contributed by atoms with Gasteiger partial charge in [-0.25, -0.2) is 14.2 Å². The zero-order chi connectivity index (χ0) is 30.4. The average Bonchev–Trinajstić information content (AvgIpc) is 3.35. The highest BCUT2D eigenvalue weighted by Crippen LogP contribution is 2.41. The van der Waals surface area contributed by atoms with Gasteiger partial charge in [0.15, 0.2) is 4.80 Å². The summed E-state index contributed by atoms with van der Waals surface area (Å²) in [5, 5.41) is 11.0. The summed E-state index contributed by atoms with van der Waals surface area (Å²) < 4.78 is 21.5. The third-order valence-corrected chi connectivity index (χ3v) is 8.72. The van der Waals surface area contributed by atoms with E-state index in [-0.39, 0.29) is 28.4 Å². The third kappa shape index (κ3) is 4.95. The second-order valence-corrected chi connectivity index (χ2v) is 11.4. The fourth-order valence-corrected chi connectivity index (χ4v) is 6.66. The van der Waals surface area contributed by atoms with Crippen molar-refractivity contribution in [2.24, 2.45) is 4.99 Å². The van der Waals surface area contributed by atoms with Gasteiger partial charge in [-0.3, -0.25) is 19.5 Å². The van der Waals surface area contributed by atoms with Crippen molar-refractivity contribution >= 4 is 34.8 Å². The number of aryl methyl sites for hydroxylation is 1. The molecule has 0 spiro atoms. The number of nitro groups is 1. The number of carbonyl (C=O) groups excluding carboxylic acids is 1. The molecule has 4 aromatic carbocycles. The molecular weight excluding hydrogens is 581 g/mol. The van der Waals surface area contributed by atoms with Crippen molar-refractivity contribution in [2.45, 2.75) is 18.9 Å². The van der Waals surface area contributed by atoms with Crippen molar-refractivity contribution in [1.82, 2.24) is 4.57 Å². The summed E-state index contributed by atoms with van der Waals surface area (Å²) in [5.74, 6) is -0.813. The summed E-state index contributed by atoms with van der Waals surface area (Å²) in [5.41, 5.74) is 5.33. The van der Waals surface area contributed by atoms with Gasteiger partial charge in [0, 0.05) is 17.7 Å². The normalized spacial score (nSPS) is 15.6. The van der Waals surface area contributed by atoms with Crippen LogP contribution in [0.4, 0.5) is 10.1 Å². The number of esters is 1. The number of non-ortho nitro benzene ring substituents is 1. The molecule has 0 saturated heterocycles. The van der Waals surface area contributed by atoms with Crippen molar-refractivity contribution in [3.8, 4) is 5.75 Å². The van der Waals surface area contributed by atoms with E-state index in [0.717, 1.165) is 41.3 Å². The summed E-state index contributed by atoms with van der Waals surface area (Å²) in [6.45, 7) is 0. The maximum absolute atomic E-state index is 13.9. The lowest BCUT2D eigenvalue weighted by molar-refractivity contribution is -0.384. The van der Waals surface area contributed by atoms with Crippen LogP contribution in [0.2, 0.25) is 0 Å². The number of benzene rings is 4. The molecule has 8 nitrogen and oxygen atoms in total. The maximum Gasteiger partial charge on any atom is 0.343 e. The third-order valence-electron chi connectivity index (χ3n) is 7.74. The van der Waals surface area contributed by atoms with E-state index in [1.807, 2.05) is 12.1 Å². The van der Waals surface area contributed by atoms with Gasteiger partial charge >= 0.3 is 5.97 Å². The van der Waals surface area contributed by atoms with E-state index in [2.05, 4.69) is 12.1 Å². The minimum atomic E-state index is -0.721. The van der Waals surface area contributed by atoms with Crippen molar-refractivity contribution in [1.29, 1.82) is 0 Å². The Morgan fingerprint density at radius 1 is 1.00 bits per heavy atom. The van der Waals surface area contributed by atoms with Crippen LogP contribution in [-0.4, -0.2) is 15.5 Å². The molecule has 0 saturated carbocycles. The molecule has 1 atom stereocenters. The maximum atomic E-state index is 13.9. The topological polar surface area (TPSA) is 104 Å². The van der Waals surface area contributed by atoms with Crippen LogP contribution in [0.1, 0.15) is 45.1 Å². The molecule has 5 aromatic rings. The Labute approximate surface area is 253 Å². The first-order valence-electron chi connectivity index (χ1n) is 13.8. The SMILES string of the molecule is O=C(Oc1ccc(/C=c2/sc3n(c2=O)[C@@H](c2ccc(F)cc2)C2=C(N=3)c3ccccc3CC2)cc1)c1cccc([N+](=O)[O-])c1. The second kappa shape index (κ2) is 11.0. The molecule has 0 N–H and O–H groups in total. The molecule has 0 fully saturated rings. The van der Waals surface area contributed by atoms with Gasteiger partial charge < -0.3 is 4.74 Å². The molecule has 0 unspecified atom stereocenters. The van der Waals surface area contributed by atoms with Gasteiger partial charge in [-0.05, 0) is 71.5 Å². The molecule has 2 heterocycles. The molecule has 216 valence electrons. The van der Waals surface area contributed by atoms with E-state index in [4.69, 9.17) is 9.73 Å². The smallest absolute Gasteiger partial charge is 0.343 e. The summed E-state index contributed by atoms with van der Waals surface area (Å²) in [6, 6.07) is 25.9. The zero-order valence-corrected chi connectivity index (χ0v) is 23.8. The number of hydrogen-bond acceptors (Lipinski definition) is 7. The lowest BCUT2D eigenvalue weighted by Gasteiger charge is -2.30. The number of ether oxygens (including phenoxy) is 1. The fourth-order valence-electron chi connectivity index (χ4n) is 5.66. The summed E-state index contributed by atoms with van der Waals surface area (Å²) >= 11 is 1.28. The van der Waals surface area contributed by atoms with Crippen molar-refractivity contribution < 1.29 is 18.8 Å². The minimum Gasteiger partial charge on any atom is -0.423 e. The Morgan fingerprint density at radius 2 is 1.77 bits per heavy atom. The molecule has 1 aliphatic heterocycles. The zero-order valence-electron chi connectivity index (χ0n) is 23.0. The summed E-state index contributed by atoms with van der Waals surface area (Å²) in [6.07, 6.45) is 3.32. The molecule has 1 aliphatic carbocycles. The first-order chi connectivity index (χ1) is 21.4. The van der Waals surface area contributed by atoms with Crippen molar-refractivity contribution in [3.05, 3.63) is 166 Å². The van der Waals surface area contributed by atoms with Gasteiger partial charge in [0.1, 0.15) is 11.6 Å². The molecule has 1 aromatic heterocycles. The highest BCUT2D eigenvalue weighted by Gasteiger charge is 2.32. The number of allylic oxidation sites excluding steroid dienone is 1. The number of fused-ring (bicyclic) bond motifs is 3. The van der Waals surface area contributed by atoms with Gasteiger partial charge in [0.05, 0.1) is 26.8 Å².